The highest BCUT2D eigenvalue weighted by molar-refractivity contribution is 9.10. The zero-order valence-electron chi connectivity index (χ0n) is 9.01. The van der Waals surface area contributed by atoms with Crippen LogP contribution in [0.4, 0.5) is 0 Å². The molecule has 1 atom stereocenters. The molecular formula is C13H11BrO2S. The first-order valence-corrected chi connectivity index (χ1v) is 7.25. The summed E-state index contributed by atoms with van der Waals surface area (Å²) in [7, 11) is 0. The molecule has 0 aliphatic heterocycles. The van der Waals surface area contributed by atoms with Gasteiger partial charge in [-0.15, -0.1) is 0 Å². The van der Waals surface area contributed by atoms with Gasteiger partial charge in [-0.2, -0.15) is 0 Å². The van der Waals surface area contributed by atoms with Crippen molar-refractivity contribution in [1.82, 2.24) is 0 Å². The van der Waals surface area contributed by atoms with Crippen molar-refractivity contribution in [2.45, 2.75) is 5.75 Å². The third-order valence-corrected chi connectivity index (χ3v) is 3.74. The van der Waals surface area contributed by atoms with E-state index >= 15 is 0 Å². The van der Waals surface area contributed by atoms with Crippen LogP contribution in [0.15, 0.2) is 57.0 Å². The van der Waals surface area contributed by atoms with Crippen molar-refractivity contribution in [1.29, 1.82) is 0 Å². The first kappa shape index (κ1) is 12.5. The number of rotatable bonds is 4. The lowest BCUT2D eigenvalue weighted by Gasteiger charge is -2.05. The predicted octanol–water partition coefficient (Wildman–Crippen LogP) is 3.96. The normalized spacial score (nSPS) is 13.1. The fraction of sp³-hybridized carbons (Fsp3) is 0.0769. The average Bonchev–Trinajstić information content (AvgIpc) is 2.83. The molecule has 1 aromatic carbocycles. The molecule has 2 aromatic rings. The van der Waals surface area contributed by atoms with Crippen LogP contribution < -0.4 is 0 Å². The minimum Gasteiger partial charge on any atom is -0.612 e. The van der Waals surface area contributed by atoms with Crippen molar-refractivity contribution in [3.05, 3.63) is 63.9 Å². The number of hydrogen-bond acceptors (Lipinski definition) is 2. The van der Waals surface area contributed by atoms with Crippen molar-refractivity contribution in [2.24, 2.45) is 0 Å². The van der Waals surface area contributed by atoms with E-state index in [1.807, 2.05) is 30.3 Å². The molecule has 17 heavy (non-hydrogen) atoms. The summed E-state index contributed by atoms with van der Waals surface area (Å²) in [5.41, 5.74) is 1.05. The van der Waals surface area contributed by atoms with Gasteiger partial charge in [0.05, 0.1) is 6.26 Å². The lowest BCUT2D eigenvalue weighted by molar-refractivity contribution is 0.557. The minimum absolute atomic E-state index is 0.518. The molecule has 1 unspecified atom stereocenters. The minimum atomic E-state index is -1.02. The van der Waals surface area contributed by atoms with Crippen molar-refractivity contribution in [2.75, 3.05) is 0 Å². The van der Waals surface area contributed by atoms with Crippen LogP contribution in [0.5, 0.6) is 0 Å². The van der Waals surface area contributed by atoms with E-state index in [-0.39, 0.29) is 0 Å². The second kappa shape index (κ2) is 6.10. The van der Waals surface area contributed by atoms with Gasteiger partial charge in [-0.1, -0.05) is 28.1 Å². The summed E-state index contributed by atoms with van der Waals surface area (Å²) >= 11 is 2.35. The Morgan fingerprint density at radius 3 is 2.65 bits per heavy atom. The molecule has 1 heterocycles. The van der Waals surface area contributed by atoms with Gasteiger partial charge in [0.15, 0.2) is 0 Å². The largest absolute Gasteiger partial charge is 0.612 e. The zero-order valence-corrected chi connectivity index (χ0v) is 11.4. The van der Waals surface area contributed by atoms with Gasteiger partial charge in [-0.25, -0.2) is 0 Å². The zero-order chi connectivity index (χ0) is 12.1. The summed E-state index contributed by atoms with van der Waals surface area (Å²) in [6.45, 7) is 0. The van der Waals surface area contributed by atoms with Gasteiger partial charge in [-0.05, 0) is 35.4 Å². The Hall–Kier alpha value is -0.970. The molecule has 0 aliphatic carbocycles. The van der Waals surface area contributed by atoms with E-state index in [2.05, 4.69) is 15.9 Å². The van der Waals surface area contributed by atoms with Gasteiger partial charge in [0.2, 0.25) is 0 Å². The highest BCUT2D eigenvalue weighted by Crippen LogP contribution is 2.14. The highest BCUT2D eigenvalue weighted by Gasteiger charge is 2.04. The van der Waals surface area contributed by atoms with Crippen LogP contribution in [0.3, 0.4) is 0 Å². The number of halogens is 1. The molecule has 0 fully saturated rings. The molecule has 0 N–H and O–H groups in total. The second-order valence-electron chi connectivity index (χ2n) is 3.47. The SMILES string of the molecule is [O-][S+](C=Cc1ccco1)Cc1ccc(Br)cc1. The Balaban J connectivity index is 1.93. The fourth-order valence-electron chi connectivity index (χ4n) is 1.32. The molecule has 88 valence electrons. The highest BCUT2D eigenvalue weighted by atomic mass is 79.9. The van der Waals surface area contributed by atoms with Gasteiger partial charge < -0.3 is 8.97 Å². The number of benzene rings is 1. The fourth-order valence-corrected chi connectivity index (χ4v) is 2.49. The van der Waals surface area contributed by atoms with Crippen molar-refractivity contribution >= 4 is 33.2 Å². The quantitative estimate of drug-likeness (QED) is 0.801. The van der Waals surface area contributed by atoms with Crippen LogP contribution in [0.2, 0.25) is 0 Å². The summed E-state index contributed by atoms with van der Waals surface area (Å²) in [6, 6.07) is 11.4. The lowest BCUT2D eigenvalue weighted by Crippen LogP contribution is -1.99. The van der Waals surface area contributed by atoms with Crippen LogP contribution in [-0.2, 0) is 16.9 Å². The van der Waals surface area contributed by atoms with E-state index in [0.29, 0.717) is 11.5 Å². The Morgan fingerprint density at radius 1 is 1.24 bits per heavy atom. The third-order valence-electron chi connectivity index (χ3n) is 2.15. The molecule has 0 aliphatic rings. The molecule has 1 aromatic heterocycles. The maximum absolute atomic E-state index is 11.8. The van der Waals surface area contributed by atoms with Crippen LogP contribution in [0.25, 0.3) is 6.08 Å². The summed E-state index contributed by atoms with van der Waals surface area (Å²) in [5, 5.41) is 1.65. The van der Waals surface area contributed by atoms with E-state index in [1.165, 1.54) is 0 Å². The molecule has 0 bridgehead atoms. The van der Waals surface area contributed by atoms with E-state index in [0.717, 1.165) is 10.0 Å². The lowest BCUT2D eigenvalue weighted by atomic mass is 10.2. The van der Waals surface area contributed by atoms with E-state index in [4.69, 9.17) is 4.42 Å². The third kappa shape index (κ3) is 4.07. The molecule has 0 saturated carbocycles. The van der Waals surface area contributed by atoms with Crippen molar-refractivity contribution < 1.29 is 8.97 Å². The Kier molecular flexibility index (Phi) is 4.48. The van der Waals surface area contributed by atoms with Crippen molar-refractivity contribution in [3.63, 3.8) is 0 Å². The van der Waals surface area contributed by atoms with E-state index < -0.39 is 11.2 Å². The molecule has 0 saturated heterocycles. The molecule has 4 heteroatoms. The number of hydrogen-bond donors (Lipinski definition) is 0. The first-order valence-electron chi connectivity index (χ1n) is 5.07. The smallest absolute Gasteiger partial charge is 0.135 e. The van der Waals surface area contributed by atoms with Crippen LogP contribution in [-0.4, -0.2) is 4.55 Å². The molecular weight excluding hydrogens is 300 g/mol. The maximum atomic E-state index is 11.8. The molecule has 0 amide bonds. The van der Waals surface area contributed by atoms with Gasteiger partial charge in [-0.3, -0.25) is 0 Å². The summed E-state index contributed by atoms with van der Waals surface area (Å²) in [5.74, 6) is 1.24. The van der Waals surface area contributed by atoms with Gasteiger partial charge in [0.1, 0.15) is 16.9 Å². The molecule has 0 spiro atoms. The maximum Gasteiger partial charge on any atom is 0.135 e. The van der Waals surface area contributed by atoms with Crippen molar-refractivity contribution in [3.8, 4) is 0 Å². The Bertz CT molecular complexity index is 477. The molecule has 2 rings (SSSR count). The standard InChI is InChI=1S/C13H11BrO2S/c14-12-5-3-11(4-6-12)10-17(15)9-7-13-2-1-8-16-13/h1-9H,10H2. The Morgan fingerprint density at radius 2 is 2.00 bits per heavy atom. The van der Waals surface area contributed by atoms with Gasteiger partial charge >= 0.3 is 0 Å². The summed E-state index contributed by atoms with van der Waals surface area (Å²) < 4.78 is 17.9. The van der Waals surface area contributed by atoms with Crippen LogP contribution in [0.1, 0.15) is 11.3 Å². The first-order chi connectivity index (χ1) is 8.24. The summed E-state index contributed by atoms with van der Waals surface area (Å²) in [4.78, 5) is 0. The molecule has 2 nitrogen and oxygen atoms in total. The summed E-state index contributed by atoms with van der Waals surface area (Å²) in [6.07, 6.45) is 3.33. The van der Waals surface area contributed by atoms with Gasteiger partial charge in [0, 0.05) is 16.1 Å². The predicted molar refractivity (Wildman–Crippen MR) is 73.7 cm³/mol. The number of furan rings is 1. The second-order valence-corrected chi connectivity index (χ2v) is 5.71. The monoisotopic (exact) mass is 310 g/mol. The molecule has 0 radical (unpaired) electrons. The van der Waals surface area contributed by atoms with Gasteiger partial charge in [0.25, 0.3) is 0 Å². The van der Waals surface area contributed by atoms with E-state index in [1.54, 1.807) is 23.8 Å². The average molecular weight is 311 g/mol. The van der Waals surface area contributed by atoms with Crippen LogP contribution in [0, 0.1) is 0 Å². The van der Waals surface area contributed by atoms with Crippen LogP contribution >= 0.6 is 15.9 Å². The Labute approximate surface area is 112 Å². The van der Waals surface area contributed by atoms with E-state index in [9.17, 15) is 4.55 Å². The topological polar surface area (TPSA) is 36.2 Å².